The summed E-state index contributed by atoms with van der Waals surface area (Å²) in [7, 11) is 3.04. The number of para-hydroxylation sites is 2. The molecule has 2 atom stereocenters. The number of nitrogens with zero attached hydrogens (tertiary/aromatic N) is 1. The van der Waals surface area contributed by atoms with Gasteiger partial charge in [0.1, 0.15) is 17.2 Å². The molecule has 0 heterocycles. The number of nitriles is 1. The van der Waals surface area contributed by atoms with Gasteiger partial charge in [0.2, 0.25) is 0 Å². The summed E-state index contributed by atoms with van der Waals surface area (Å²) in [6, 6.07) is 30.6. The molecular formula is C33H27NO6. The molecule has 1 N–H and O–H groups in total. The third kappa shape index (κ3) is 4.87. The second-order valence-electron chi connectivity index (χ2n) is 9.56. The number of hydrogen-bond acceptors (Lipinski definition) is 6. The second-order valence-corrected chi connectivity index (χ2v) is 9.56. The van der Waals surface area contributed by atoms with Crippen LogP contribution in [-0.4, -0.2) is 31.3 Å². The minimum Gasteiger partial charge on any atom is -0.496 e. The Hall–Kier alpha value is -5.09. The number of carbonyl (C=O) groups excluding carboxylic acids is 1. The van der Waals surface area contributed by atoms with Crippen LogP contribution in [0.2, 0.25) is 0 Å². The summed E-state index contributed by atoms with van der Waals surface area (Å²) >= 11 is 0. The highest BCUT2D eigenvalue weighted by Crippen LogP contribution is 2.60. The molecule has 1 saturated carbocycles. The normalized spacial score (nSPS) is 19.5. The lowest BCUT2D eigenvalue weighted by molar-refractivity contribution is -0.158. The van der Waals surface area contributed by atoms with Crippen LogP contribution in [0.4, 0.5) is 0 Å². The van der Waals surface area contributed by atoms with Gasteiger partial charge in [-0.05, 0) is 58.7 Å². The zero-order valence-electron chi connectivity index (χ0n) is 22.0. The maximum Gasteiger partial charge on any atom is 0.315 e. The third-order valence-corrected chi connectivity index (χ3v) is 7.50. The van der Waals surface area contributed by atoms with Crippen LogP contribution in [0.3, 0.4) is 0 Å². The lowest BCUT2D eigenvalue weighted by Crippen LogP contribution is -2.52. The van der Waals surface area contributed by atoms with Crippen molar-refractivity contribution in [1.29, 1.82) is 5.26 Å². The monoisotopic (exact) mass is 533 g/mol. The van der Waals surface area contributed by atoms with Crippen LogP contribution < -0.4 is 14.2 Å². The van der Waals surface area contributed by atoms with E-state index in [4.69, 9.17) is 19.5 Å². The number of hydrogen-bond donors (Lipinski definition) is 1. The van der Waals surface area contributed by atoms with Gasteiger partial charge in [0.25, 0.3) is 0 Å². The molecule has 4 aromatic rings. The van der Waals surface area contributed by atoms with Crippen LogP contribution in [0.15, 0.2) is 97.1 Å². The Morgan fingerprint density at radius 2 is 1.30 bits per heavy atom. The molecule has 0 radical (unpaired) electrons. The van der Waals surface area contributed by atoms with Crippen molar-refractivity contribution in [3.05, 3.63) is 114 Å². The van der Waals surface area contributed by atoms with Crippen molar-refractivity contribution in [3.63, 3.8) is 0 Å². The zero-order chi connectivity index (χ0) is 28.2. The highest BCUT2D eigenvalue weighted by atomic mass is 16.5. The van der Waals surface area contributed by atoms with Crippen molar-refractivity contribution in [3.8, 4) is 34.4 Å². The van der Waals surface area contributed by atoms with Crippen LogP contribution in [-0.2, 0) is 9.59 Å². The fourth-order valence-corrected chi connectivity index (χ4v) is 5.67. The number of carboxylic acid groups (broad SMARTS) is 1. The first-order chi connectivity index (χ1) is 19.5. The lowest BCUT2D eigenvalue weighted by atomic mass is 9.52. The van der Waals surface area contributed by atoms with Gasteiger partial charge in [-0.25, -0.2) is 0 Å². The van der Waals surface area contributed by atoms with Crippen molar-refractivity contribution in [1.82, 2.24) is 0 Å². The Morgan fingerprint density at radius 1 is 0.725 bits per heavy atom. The van der Waals surface area contributed by atoms with Crippen molar-refractivity contribution < 1.29 is 28.9 Å². The fraction of sp³-hybridized carbons (Fsp3) is 0.182. The molecule has 7 heteroatoms. The Kier molecular flexibility index (Phi) is 7.52. The van der Waals surface area contributed by atoms with Gasteiger partial charge >= 0.3 is 11.9 Å². The third-order valence-electron chi connectivity index (χ3n) is 7.50. The lowest BCUT2D eigenvalue weighted by Gasteiger charge is -2.49. The molecule has 0 amide bonds. The van der Waals surface area contributed by atoms with Crippen LogP contribution in [0.25, 0.3) is 11.1 Å². The summed E-state index contributed by atoms with van der Waals surface area (Å²) in [6.07, 6.45) is 0. The van der Waals surface area contributed by atoms with Crippen molar-refractivity contribution in [2.24, 2.45) is 11.8 Å². The Balaban J connectivity index is 1.54. The molecule has 5 rings (SSSR count). The Bertz CT molecular complexity index is 1530. The van der Waals surface area contributed by atoms with Gasteiger partial charge in [0, 0.05) is 11.8 Å². The van der Waals surface area contributed by atoms with Crippen molar-refractivity contribution in [2.45, 2.75) is 11.8 Å². The second kappa shape index (κ2) is 11.3. The quantitative estimate of drug-likeness (QED) is 0.217. The molecule has 4 aromatic carbocycles. The van der Waals surface area contributed by atoms with E-state index in [0.717, 1.165) is 11.1 Å². The molecule has 200 valence electrons. The smallest absolute Gasteiger partial charge is 0.315 e. The number of methoxy groups -OCH3 is 2. The van der Waals surface area contributed by atoms with Gasteiger partial charge < -0.3 is 19.3 Å². The number of carboxylic acids is 1. The molecule has 2 unspecified atom stereocenters. The van der Waals surface area contributed by atoms with Crippen molar-refractivity contribution >= 4 is 11.9 Å². The van der Waals surface area contributed by atoms with Gasteiger partial charge in [-0.1, -0.05) is 60.7 Å². The first kappa shape index (κ1) is 26.5. The predicted molar refractivity (Wildman–Crippen MR) is 148 cm³/mol. The van der Waals surface area contributed by atoms with Crippen LogP contribution in [0, 0.1) is 23.2 Å². The van der Waals surface area contributed by atoms with Gasteiger partial charge in [-0.3, -0.25) is 9.59 Å². The summed E-state index contributed by atoms with van der Waals surface area (Å²) in [5, 5.41) is 19.4. The van der Waals surface area contributed by atoms with Crippen LogP contribution in [0.1, 0.15) is 28.5 Å². The first-order valence-electron chi connectivity index (χ1n) is 12.8. The Labute approximate surface area is 232 Å². The highest BCUT2D eigenvalue weighted by Gasteiger charge is 2.60. The molecule has 0 bridgehead atoms. The summed E-state index contributed by atoms with van der Waals surface area (Å²) < 4.78 is 17.0. The molecular weight excluding hydrogens is 506 g/mol. The number of aliphatic carboxylic acids is 1. The number of benzene rings is 4. The SMILES string of the molecule is COc1ccccc1C1[C@H](C(=O)O)C(c2ccccc2OC)[C@@H]1C(=O)Oc1cccc(-c2ccc(C#N)cc2)c1. The average molecular weight is 534 g/mol. The van der Waals surface area contributed by atoms with E-state index in [2.05, 4.69) is 6.07 Å². The van der Waals surface area contributed by atoms with E-state index in [1.54, 1.807) is 78.9 Å². The van der Waals surface area contributed by atoms with Gasteiger partial charge in [0.05, 0.1) is 37.7 Å². The molecule has 1 aliphatic carbocycles. The maximum atomic E-state index is 13.9. The molecule has 0 saturated heterocycles. The molecule has 0 aromatic heterocycles. The molecule has 0 spiro atoms. The topological polar surface area (TPSA) is 106 Å². The highest BCUT2D eigenvalue weighted by molar-refractivity contribution is 5.86. The fourth-order valence-electron chi connectivity index (χ4n) is 5.67. The first-order valence-corrected chi connectivity index (χ1v) is 12.8. The van der Waals surface area contributed by atoms with E-state index in [-0.39, 0.29) is 0 Å². The van der Waals surface area contributed by atoms with E-state index in [9.17, 15) is 14.7 Å². The Morgan fingerprint density at radius 3 is 1.82 bits per heavy atom. The molecule has 0 aliphatic heterocycles. The minimum absolute atomic E-state index is 0.336. The van der Waals surface area contributed by atoms with Crippen LogP contribution >= 0.6 is 0 Å². The van der Waals surface area contributed by atoms with E-state index in [0.29, 0.717) is 33.9 Å². The average Bonchev–Trinajstić information content (AvgIpc) is 2.97. The number of carbonyl (C=O) groups is 2. The summed E-state index contributed by atoms with van der Waals surface area (Å²) in [4.78, 5) is 26.6. The molecule has 1 fully saturated rings. The number of rotatable bonds is 8. The number of ether oxygens (including phenoxy) is 3. The van der Waals surface area contributed by atoms with Gasteiger partial charge in [-0.15, -0.1) is 0 Å². The molecule has 7 nitrogen and oxygen atoms in total. The summed E-state index contributed by atoms with van der Waals surface area (Å²) in [5.74, 6) is -3.28. The molecule has 40 heavy (non-hydrogen) atoms. The van der Waals surface area contributed by atoms with E-state index < -0.39 is 35.6 Å². The van der Waals surface area contributed by atoms with Crippen molar-refractivity contribution in [2.75, 3.05) is 14.2 Å². The standard InChI is InChI=1S/C33H27NO6/c1-38-26-12-5-3-10-24(26)28-30(32(35)36)29(25-11-4-6-13-27(25)39-2)31(28)33(37)40-23-9-7-8-22(18-23)21-16-14-20(19-34)15-17-21/h3-18,28-31H,1-2H3,(H,35,36)/t28?,29?,30-,31+. The largest absolute Gasteiger partial charge is 0.496 e. The van der Waals surface area contributed by atoms with E-state index in [1.807, 2.05) is 18.2 Å². The predicted octanol–water partition coefficient (Wildman–Crippen LogP) is 6.05. The maximum absolute atomic E-state index is 13.9. The van der Waals surface area contributed by atoms with E-state index in [1.165, 1.54) is 14.2 Å². The van der Waals surface area contributed by atoms with Gasteiger partial charge in [-0.2, -0.15) is 5.26 Å². The van der Waals surface area contributed by atoms with Crippen LogP contribution in [0.5, 0.6) is 17.2 Å². The number of esters is 1. The summed E-state index contributed by atoms with van der Waals surface area (Å²) in [5.41, 5.74) is 3.50. The molecule has 1 aliphatic rings. The minimum atomic E-state index is -1.02. The van der Waals surface area contributed by atoms with E-state index >= 15 is 0 Å². The zero-order valence-corrected chi connectivity index (χ0v) is 22.0. The van der Waals surface area contributed by atoms with Gasteiger partial charge in [0.15, 0.2) is 0 Å². The summed E-state index contributed by atoms with van der Waals surface area (Å²) in [6.45, 7) is 0.